The van der Waals surface area contributed by atoms with E-state index >= 15 is 0 Å². The maximum atomic E-state index is 12.4. The molecule has 1 saturated heterocycles. The van der Waals surface area contributed by atoms with Crippen LogP contribution in [-0.4, -0.2) is 63.1 Å². The van der Waals surface area contributed by atoms with Crippen LogP contribution >= 0.6 is 0 Å². The minimum absolute atomic E-state index is 0.00137. The molecular weight excluding hydrogens is 356 g/mol. The van der Waals surface area contributed by atoms with Crippen LogP contribution < -0.4 is 9.64 Å². The molecule has 0 unspecified atom stereocenters. The summed E-state index contributed by atoms with van der Waals surface area (Å²) in [6.45, 7) is 4.65. The van der Waals surface area contributed by atoms with Gasteiger partial charge in [0.25, 0.3) is 5.91 Å². The maximum Gasteiger partial charge on any atom is 0.260 e. The average molecular weight is 378 g/mol. The third-order valence-corrected chi connectivity index (χ3v) is 4.64. The normalized spacial score (nSPS) is 14.2. The lowest BCUT2D eigenvalue weighted by molar-refractivity contribution is -0.133. The van der Waals surface area contributed by atoms with Crippen molar-refractivity contribution in [1.82, 2.24) is 24.4 Å². The summed E-state index contributed by atoms with van der Waals surface area (Å²) in [5, 5.41) is 0. The largest absolute Gasteiger partial charge is 0.484 e. The average Bonchev–Trinajstić information content (AvgIpc) is 3.27. The smallest absolute Gasteiger partial charge is 0.260 e. The molecule has 0 saturated carbocycles. The van der Waals surface area contributed by atoms with E-state index in [4.69, 9.17) is 4.74 Å². The Balaban J connectivity index is 1.36. The van der Waals surface area contributed by atoms with Gasteiger partial charge in [0.1, 0.15) is 29.5 Å². The van der Waals surface area contributed by atoms with Gasteiger partial charge in [-0.05, 0) is 19.1 Å². The van der Waals surface area contributed by atoms with E-state index in [2.05, 4.69) is 19.9 Å². The van der Waals surface area contributed by atoms with Gasteiger partial charge in [-0.1, -0.05) is 18.2 Å². The molecule has 1 aliphatic heterocycles. The Morgan fingerprint density at radius 1 is 1.07 bits per heavy atom. The second-order valence-electron chi connectivity index (χ2n) is 6.57. The highest BCUT2D eigenvalue weighted by molar-refractivity contribution is 5.78. The molecule has 8 nitrogen and oxygen atoms in total. The molecule has 1 fully saturated rings. The Kier molecular flexibility index (Phi) is 5.18. The number of amides is 1. The zero-order chi connectivity index (χ0) is 19.3. The molecule has 3 aromatic rings. The fourth-order valence-electron chi connectivity index (χ4n) is 3.16. The molecule has 1 aromatic carbocycles. The van der Waals surface area contributed by atoms with E-state index in [1.54, 1.807) is 12.5 Å². The number of para-hydroxylation sites is 1. The van der Waals surface area contributed by atoms with Gasteiger partial charge in [-0.15, -0.1) is 0 Å². The number of hydrogen-bond acceptors (Lipinski definition) is 6. The number of imidazole rings is 1. The number of hydrogen-bond donors (Lipinski definition) is 0. The van der Waals surface area contributed by atoms with Crippen molar-refractivity contribution >= 4 is 11.7 Å². The third kappa shape index (κ3) is 4.11. The van der Waals surface area contributed by atoms with E-state index in [0.29, 0.717) is 24.7 Å². The maximum absolute atomic E-state index is 12.4. The summed E-state index contributed by atoms with van der Waals surface area (Å²) >= 11 is 0. The van der Waals surface area contributed by atoms with Crippen LogP contribution in [0.25, 0.3) is 5.82 Å². The van der Waals surface area contributed by atoms with E-state index < -0.39 is 0 Å². The number of rotatable bonds is 5. The van der Waals surface area contributed by atoms with Crippen LogP contribution in [0.2, 0.25) is 0 Å². The molecule has 0 N–H and O–H groups in total. The molecule has 28 heavy (non-hydrogen) atoms. The Morgan fingerprint density at radius 3 is 2.54 bits per heavy atom. The first kappa shape index (κ1) is 18.0. The quantitative estimate of drug-likeness (QED) is 0.673. The van der Waals surface area contributed by atoms with E-state index in [0.717, 1.165) is 24.7 Å². The zero-order valence-electron chi connectivity index (χ0n) is 15.7. The van der Waals surface area contributed by atoms with Gasteiger partial charge in [-0.25, -0.2) is 15.0 Å². The van der Waals surface area contributed by atoms with Gasteiger partial charge in [0, 0.05) is 44.6 Å². The van der Waals surface area contributed by atoms with E-state index in [1.165, 1.54) is 0 Å². The second kappa shape index (κ2) is 8.08. The number of nitrogens with zero attached hydrogens (tertiary/aromatic N) is 6. The number of piperazine rings is 1. The number of aromatic nitrogens is 4. The van der Waals surface area contributed by atoms with E-state index in [9.17, 15) is 4.79 Å². The molecular formula is C20H22N6O2. The Bertz CT molecular complexity index is 921. The van der Waals surface area contributed by atoms with Gasteiger partial charge in [-0.2, -0.15) is 0 Å². The minimum Gasteiger partial charge on any atom is -0.484 e. The van der Waals surface area contributed by atoms with Crippen LogP contribution in [-0.2, 0) is 4.79 Å². The highest BCUT2D eigenvalue weighted by atomic mass is 16.5. The third-order valence-electron chi connectivity index (χ3n) is 4.64. The first-order chi connectivity index (χ1) is 13.7. The van der Waals surface area contributed by atoms with Crippen molar-refractivity contribution in [1.29, 1.82) is 0 Å². The van der Waals surface area contributed by atoms with E-state index in [-0.39, 0.29) is 12.5 Å². The highest BCUT2D eigenvalue weighted by Crippen LogP contribution is 2.18. The highest BCUT2D eigenvalue weighted by Gasteiger charge is 2.23. The van der Waals surface area contributed by atoms with Crippen LogP contribution in [0.3, 0.4) is 0 Å². The Hall–Kier alpha value is -3.42. The lowest BCUT2D eigenvalue weighted by Gasteiger charge is -2.35. The van der Waals surface area contributed by atoms with Crippen LogP contribution in [0.15, 0.2) is 55.1 Å². The number of benzene rings is 1. The molecule has 3 heterocycles. The lowest BCUT2D eigenvalue weighted by atomic mass is 10.3. The molecule has 0 spiro atoms. The monoisotopic (exact) mass is 378 g/mol. The molecule has 1 aliphatic rings. The lowest BCUT2D eigenvalue weighted by Crippen LogP contribution is -2.50. The molecule has 0 atom stereocenters. The number of aryl methyl sites for hydroxylation is 1. The topological polar surface area (TPSA) is 76.4 Å². The fourth-order valence-corrected chi connectivity index (χ4v) is 3.16. The predicted octanol–water partition coefficient (Wildman–Crippen LogP) is 1.70. The summed E-state index contributed by atoms with van der Waals surface area (Å²) in [5.74, 6) is 3.06. The summed E-state index contributed by atoms with van der Waals surface area (Å²) in [6.07, 6.45) is 5.29. The van der Waals surface area contributed by atoms with Crippen molar-refractivity contribution in [3.05, 3.63) is 60.9 Å². The molecule has 0 radical (unpaired) electrons. The summed E-state index contributed by atoms with van der Waals surface area (Å²) in [6, 6.07) is 11.3. The summed E-state index contributed by atoms with van der Waals surface area (Å²) in [4.78, 5) is 29.5. The molecule has 0 aliphatic carbocycles. The molecule has 144 valence electrons. The van der Waals surface area contributed by atoms with Crippen LogP contribution in [0.1, 0.15) is 5.82 Å². The first-order valence-corrected chi connectivity index (χ1v) is 9.23. The number of ether oxygens (including phenoxy) is 1. The van der Waals surface area contributed by atoms with Crippen molar-refractivity contribution in [3.8, 4) is 11.6 Å². The molecule has 8 heteroatoms. The standard InChI is InChI=1S/C20H22N6O2/c1-16-22-18(13-19(23-16)26-8-7-21-15-26)24-9-11-25(12-10-24)20(27)14-28-17-5-3-2-4-6-17/h2-8,13,15H,9-12,14H2,1H3. The first-order valence-electron chi connectivity index (χ1n) is 9.23. The van der Waals surface area contributed by atoms with Crippen molar-refractivity contribution in [2.45, 2.75) is 6.92 Å². The van der Waals surface area contributed by atoms with Gasteiger partial charge in [0.05, 0.1) is 0 Å². The van der Waals surface area contributed by atoms with E-state index in [1.807, 2.05) is 59.0 Å². The van der Waals surface area contributed by atoms with Gasteiger partial charge >= 0.3 is 0 Å². The molecule has 1 amide bonds. The number of anilines is 1. The van der Waals surface area contributed by atoms with Crippen molar-refractivity contribution in [2.75, 3.05) is 37.7 Å². The Morgan fingerprint density at radius 2 is 1.82 bits per heavy atom. The fraction of sp³-hybridized carbons (Fsp3) is 0.300. The van der Waals surface area contributed by atoms with Crippen molar-refractivity contribution in [3.63, 3.8) is 0 Å². The summed E-state index contributed by atoms with van der Waals surface area (Å²) in [5.41, 5.74) is 0. The molecule has 0 bridgehead atoms. The SMILES string of the molecule is Cc1nc(N2CCN(C(=O)COc3ccccc3)CC2)cc(-n2ccnc2)n1. The summed E-state index contributed by atoms with van der Waals surface area (Å²) in [7, 11) is 0. The predicted molar refractivity (Wildman–Crippen MR) is 105 cm³/mol. The van der Waals surface area contributed by atoms with Gasteiger partial charge in [-0.3, -0.25) is 9.36 Å². The molecule has 4 rings (SSSR count). The summed E-state index contributed by atoms with van der Waals surface area (Å²) < 4.78 is 7.43. The Labute approximate surface area is 163 Å². The number of carbonyl (C=O) groups is 1. The number of carbonyl (C=O) groups excluding carboxylic acids is 1. The van der Waals surface area contributed by atoms with Crippen LogP contribution in [0.4, 0.5) is 5.82 Å². The van der Waals surface area contributed by atoms with Gasteiger partial charge < -0.3 is 14.5 Å². The minimum atomic E-state index is 0.00137. The molecule has 2 aromatic heterocycles. The van der Waals surface area contributed by atoms with Crippen LogP contribution in [0.5, 0.6) is 5.75 Å². The van der Waals surface area contributed by atoms with Gasteiger partial charge in [0.15, 0.2) is 6.61 Å². The zero-order valence-corrected chi connectivity index (χ0v) is 15.7. The van der Waals surface area contributed by atoms with Gasteiger partial charge in [0.2, 0.25) is 0 Å². The van der Waals surface area contributed by atoms with Crippen molar-refractivity contribution < 1.29 is 9.53 Å². The second-order valence-corrected chi connectivity index (χ2v) is 6.57. The van der Waals surface area contributed by atoms with Crippen LogP contribution in [0, 0.1) is 6.92 Å². The van der Waals surface area contributed by atoms with Crippen molar-refractivity contribution in [2.24, 2.45) is 0 Å².